The van der Waals surface area contributed by atoms with Crippen LogP contribution in [0.3, 0.4) is 0 Å². The predicted octanol–water partition coefficient (Wildman–Crippen LogP) is 2.29. The summed E-state index contributed by atoms with van der Waals surface area (Å²) in [5.41, 5.74) is -0.442. The van der Waals surface area contributed by atoms with Gasteiger partial charge in [0.1, 0.15) is 5.54 Å². The Hall–Kier alpha value is -0.610. The smallest absolute Gasteiger partial charge is 0.326 e. The van der Waals surface area contributed by atoms with Crippen molar-refractivity contribution in [3.05, 3.63) is 0 Å². The second-order valence-corrected chi connectivity index (χ2v) is 6.53. The van der Waals surface area contributed by atoms with Gasteiger partial charge in [0.25, 0.3) is 0 Å². The molecule has 0 radical (unpaired) electrons. The van der Waals surface area contributed by atoms with E-state index < -0.39 is 5.54 Å². The Bertz CT molecular complexity index is 307. The van der Waals surface area contributed by atoms with Crippen LogP contribution in [-0.2, 0) is 9.53 Å². The maximum absolute atomic E-state index is 12.3. The van der Waals surface area contributed by atoms with Crippen LogP contribution in [0.5, 0.6) is 0 Å². The van der Waals surface area contributed by atoms with Crippen LogP contribution >= 0.6 is 0 Å². The van der Waals surface area contributed by atoms with Gasteiger partial charge in [-0.25, -0.2) is 0 Å². The SMILES string of the molecule is CCNC1(C(=O)OC)CCCC1CCN(C)CC(C)C. The Morgan fingerprint density at radius 3 is 2.75 bits per heavy atom. The molecule has 20 heavy (non-hydrogen) atoms. The van der Waals surface area contributed by atoms with Crippen LogP contribution in [0, 0.1) is 11.8 Å². The summed E-state index contributed by atoms with van der Waals surface area (Å²) in [5.74, 6) is 1.00. The summed E-state index contributed by atoms with van der Waals surface area (Å²) in [6.07, 6.45) is 4.20. The standard InChI is InChI=1S/C16H32N2O2/c1-6-17-16(15(19)20-5)10-7-8-14(16)9-11-18(4)12-13(2)3/h13-14,17H,6-12H2,1-5H3. The summed E-state index contributed by atoms with van der Waals surface area (Å²) in [6, 6.07) is 0. The molecule has 0 spiro atoms. The number of nitrogens with one attached hydrogen (secondary N) is 1. The van der Waals surface area contributed by atoms with E-state index in [0.717, 1.165) is 45.3 Å². The second-order valence-electron chi connectivity index (χ2n) is 6.53. The number of carbonyl (C=O) groups is 1. The lowest BCUT2D eigenvalue weighted by Gasteiger charge is -2.34. The molecule has 0 aliphatic heterocycles. The lowest BCUT2D eigenvalue weighted by atomic mass is 9.84. The highest BCUT2D eigenvalue weighted by Gasteiger charge is 2.48. The molecule has 0 aromatic heterocycles. The molecular weight excluding hydrogens is 252 g/mol. The van der Waals surface area contributed by atoms with Gasteiger partial charge in [0.2, 0.25) is 0 Å². The van der Waals surface area contributed by atoms with Gasteiger partial charge in [-0.1, -0.05) is 27.2 Å². The normalized spacial score (nSPS) is 26.4. The van der Waals surface area contributed by atoms with E-state index >= 15 is 0 Å². The summed E-state index contributed by atoms with van der Waals surface area (Å²) in [6.45, 7) is 9.51. The molecule has 1 N–H and O–H groups in total. The third-order valence-corrected chi connectivity index (χ3v) is 4.40. The number of nitrogens with zero attached hydrogens (tertiary/aromatic N) is 1. The maximum Gasteiger partial charge on any atom is 0.326 e. The second kappa shape index (κ2) is 7.99. The Morgan fingerprint density at radius 1 is 1.50 bits per heavy atom. The molecule has 1 aliphatic rings. The first-order valence-electron chi connectivity index (χ1n) is 7.98. The van der Waals surface area contributed by atoms with Gasteiger partial charge in [-0.2, -0.15) is 0 Å². The van der Waals surface area contributed by atoms with Crippen LogP contribution in [0.15, 0.2) is 0 Å². The lowest BCUT2D eigenvalue weighted by molar-refractivity contribution is -0.150. The third-order valence-electron chi connectivity index (χ3n) is 4.40. The predicted molar refractivity (Wildman–Crippen MR) is 82.7 cm³/mol. The van der Waals surface area contributed by atoms with Crippen LogP contribution in [0.2, 0.25) is 0 Å². The fraction of sp³-hybridized carbons (Fsp3) is 0.938. The minimum atomic E-state index is -0.442. The van der Waals surface area contributed by atoms with Gasteiger partial charge < -0.3 is 15.0 Å². The Labute approximate surface area is 124 Å². The number of hydrogen-bond donors (Lipinski definition) is 1. The molecule has 0 aromatic rings. The molecule has 0 saturated heterocycles. The van der Waals surface area contributed by atoms with E-state index in [1.54, 1.807) is 0 Å². The third kappa shape index (κ3) is 4.19. The van der Waals surface area contributed by atoms with Crippen LogP contribution in [-0.4, -0.2) is 50.2 Å². The van der Waals surface area contributed by atoms with E-state index in [1.165, 1.54) is 7.11 Å². The molecule has 1 aliphatic carbocycles. The van der Waals surface area contributed by atoms with Crippen molar-refractivity contribution in [3.63, 3.8) is 0 Å². The number of likely N-dealkylation sites (N-methyl/N-ethyl adjacent to an activating group) is 1. The number of esters is 1. The quantitative estimate of drug-likeness (QED) is 0.694. The number of hydrogen-bond acceptors (Lipinski definition) is 4. The van der Waals surface area contributed by atoms with Crippen LogP contribution in [0.1, 0.15) is 46.5 Å². The molecule has 2 atom stereocenters. The van der Waals surface area contributed by atoms with E-state index in [1.807, 2.05) is 0 Å². The molecular formula is C16H32N2O2. The van der Waals surface area contributed by atoms with Crippen LogP contribution in [0.4, 0.5) is 0 Å². The molecule has 1 saturated carbocycles. The van der Waals surface area contributed by atoms with E-state index in [2.05, 4.69) is 38.0 Å². The molecule has 4 nitrogen and oxygen atoms in total. The fourth-order valence-electron chi connectivity index (χ4n) is 3.63. The lowest BCUT2D eigenvalue weighted by Crippen LogP contribution is -2.55. The molecule has 118 valence electrons. The average Bonchev–Trinajstić information content (AvgIpc) is 2.79. The van der Waals surface area contributed by atoms with Gasteiger partial charge in [-0.3, -0.25) is 4.79 Å². The van der Waals surface area contributed by atoms with Gasteiger partial charge in [-0.15, -0.1) is 0 Å². The Kier molecular flexibility index (Phi) is 6.96. The summed E-state index contributed by atoms with van der Waals surface area (Å²) in [4.78, 5) is 14.6. The highest BCUT2D eigenvalue weighted by molar-refractivity contribution is 5.81. The molecule has 0 amide bonds. The Morgan fingerprint density at radius 2 is 2.20 bits per heavy atom. The largest absolute Gasteiger partial charge is 0.468 e. The van der Waals surface area contributed by atoms with Crippen molar-refractivity contribution in [1.29, 1.82) is 0 Å². The molecule has 2 unspecified atom stereocenters. The van der Waals surface area contributed by atoms with E-state index in [-0.39, 0.29) is 5.97 Å². The van der Waals surface area contributed by atoms with Gasteiger partial charge in [0.15, 0.2) is 0 Å². The van der Waals surface area contributed by atoms with Gasteiger partial charge in [-0.05, 0) is 51.2 Å². The minimum absolute atomic E-state index is 0.0756. The zero-order chi connectivity index (χ0) is 15.2. The van der Waals surface area contributed by atoms with Gasteiger partial charge in [0.05, 0.1) is 7.11 Å². The first kappa shape index (κ1) is 17.4. The first-order chi connectivity index (χ1) is 9.46. The van der Waals surface area contributed by atoms with Crippen LogP contribution < -0.4 is 5.32 Å². The topological polar surface area (TPSA) is 41.6 Å². The number of ether oxygens (including phenoxy) is 1. The van der Waals surface area contributed by atoms with Crippen molar-refractivity contribution >= 4 is 5.97 Å². The molecule has 1 rings (SSSR count). The maximum atomic E-state index is 12.3. The molecule has 1 fully saturated rings. The van der Waals surface area contributed by atoms with E-state index in [0.29, 0.717) is 11.8 Å². The zero-order valence-corrected chi connectivity index (χ0v) is 13.9. The fourth-order valence-corrected chi connectivity index (χ4v) is 3.63. The summed E-state index contributed by atoms with van der Waals surface area (Å²) < 4.78 is 5.08. The monoisotopic (exact) mass is 284 g/mol. The number of methoxy groups -OCH3 is 1. The number of rotatable bonds is 8. The molecule has 0 heterocycles. The Balaban J connectivity index is 2.64. The summed E-state index contributed by atoms with van der Waals surface area (Å²) in [5, 5.41) is 3.43. The first-order valence-corrected chi connectivity index (χ1v) is 7.98. The highest BCUT2D eigenvalue weighted by atomic mass is 16.5. The van der Waals surface area contributed by atoms with Crippen LogP contribution in [0.25, 0.3) is 0 Å². The zero-order valence-electron chi connectivity index (χ0n) is 13.9. The minimum Gasteiger partial charge on any atom is -0.468 e. The molecule has 4 heteroatoms. The van der Waals surface area contributed by atoms with Gasteiger partial charge in [0, 0.05) is 6.54 Å². The number of carbonyl (C=O) groups excluding carboxylic acids is 1. The van der Waals surface area contributed by atoms with Crippen molar-refractivity contribution in [2.45, 2.75) is 52.0 Å². The highest BCUT2D eigenvalue weighted by Crippen LogP contribution is 2.39. The molecule has 0 aromatic carbocycles. The van der Waals surface area contributed by atoms with Gasteiger partial charge >= 0.3 is 5.97 Å². The van der Waals surface area contributed by atoms with Crippen molar-refractivity contribution in [2.24, 2.45) is 11.8 Å². The van der Waals surface area contributed by atoms with E-state index in [9.17, 15) is 4.79 Å². The summed E-state index contributed by atoms with van der Waals surface area (Å²) in [7, 11) is 3.67. The van der Waals surface area contributed by atoms with Crippen molar-refractivity contribution < 1.29 is 9.53 Å². The average molecular weight is 284 g/mol. The van der Waals surface area contributed by atoms with E-state index in [4.69, 9.17) is 4.74 Å². The van der Waals surface area contributed by atoms with Crippen molar-refractivity contribution in [2.75, 3.05) is 33.8 Å². The van der Waals surface area contributed by atoms with Crippen molar-refractivity contribution in [1.82, 2.24) is 10.2 Å². The summed E-state index contributed by atoms with van der Waals surface area (Å²) >= 11 is 0. The molecule has 0 bridgehead atoms. The van der Waals surface area contributed by atoms with Crippen molar-refractivity contribution in [3.8, 4) is 0 Å².